The molecular formula is C15H23N3O. The molecule has 1 aromatic rings. The third-order valence-corrected chi connectivity index (χ3v) is 3.65. The van der Waals surface area contributed by atoms with Crippen LogP contribution in [0.4, 0.5) is 5.69 Å². The van der Waals surface area contributed by atoms with Gasteiger partial charge in [-0.3, -0.25) is 9.69 Å². The van der Waals surface area contributed by atoms with E-state index >= 15 is 0 Å². The van der Waals surface area contributed by atoms with Crippen LogP contribution in [0.5, 0.6) is 0 Å². The quantitative estimate of drug-likeness (QED) is 0.767. The van der Waals surface area contributed by atoms with Crippen molar-refractivity contribution < 1.29 is 4.79 Å². The Morgan fingerprint density at radius 1 is 1.47 bits per heavy atom. The molecular weight excluding hydrogens is 238 g/mol. The Bertz CT molecular complexity index is 443. The predicted molar refractivity (Wildman–Crippen MR) is 77.6 cm³/mol. The van der Waals surface area contributed by atoms with Crippen LogP contribution >= 0.6 is 0 Å². The van der Waals surface area contributed by atoms with Crippen LogP contribution in [0.25, 0.3) is 0 Å². The summed E-state index contributed by atoms with van der Waals surface area (Å²) in [4.78, 5) is 14.3. The molecule has 2 rings (SSSR count). The average molecular weight is 261 g/mol. The highest BCUT2D eigenvalue weighted by molar-refractivity contribution is 5.81. The molecule has 1 atom stereocenters. The molecule has 1 amide bonds. The molecule has 4 nitrogen and oxygen atoms in total. The van der Waals surface area contributed by atoms with Gasteiger partial charge in [0.05, 0.1) is 6.04 Å². The van der Waals surface area contributed by atoms with Crippen molar-refractivity contribution in [2.24, 2.45) is 0 Å². The minimum absolute atomic E-state index is 0.101. The normalized spacial score (nSPS) is 16.4. The number of para-hydroxylation sites is 1. The van der Waals surface area contributed by atoms with Crippen molar-refractivity contribution in [3.63, 3.8) is 0 Å². The van der Waals surface area contributed by atoms with E-state index in [0.717, 1.165) is 17.8 Å². The van der Waals surface area contributed by atoms with Gasteiger partial charge in [-0.2, -0.15) is 0 Å². The third-order valence-electron chi connectivity index (χ3n) is 3.65. The summed E-state index contributed by atoms with van der Waals surface area (Å²) in [5.41, 5.74) is 7.90. The molecule has 1 aliphatic rings. The molecule has 4 heteroatoms. The molecule has 1 fully saturated rings. The zero-order chi connectivity index (χ0) is 13.8. The number of benzene rings is 1. The zero-order valence-electron chi connectivity index (χ0n) is 11.7. The van der Waals surface area contributed by atoms with Crippen LogP contribution in [-0.4, -0.2) is 29.4 Å². The lowest BCUT2D eigenvalue weighted by Gasteiger charge is -2.28. The van der Waals surface area contributed by atoms with E-state index in [-0.39, 0.29) is 11.9 Å². The number of nitrogens with zero attached hydrogens (tertiary/aromatic N) is 1. The van der Waals surface area contributed by atoms with Crippen molar-refractivity contribution in [2.45, 2.75) is 45.3 Å². The Hall–Kier alpha value is -1.55. The molecule has 0 radical (unpaired) electrons. The predicted octanol–water partition coefficient (Wildman–Crippen LogP) is 1.76. The highest BCUT2D eigenvalue weighted by Crippen LogP contribution is 2.31. The summed E-state index contributed by atoms with van der Waals surface area (Å²) >= 11 is 0. The molecule has 1 aliphatic carbocycles. The molecule has 3 N–H and O–H groups in total. The van der Waals surface area contributed by atoms with E-state index < -0.39 is 0 Å². The molecule has 1 aromatic carbocycles. The fourth-order valence-electron chi connectivity index (χ4n) is 2.34. The van der Waals surface area contributed by atoms with E-state index in [0.29, 0.717) is 12.6 Å². The highest BCUT2D eigenvalue weighted by atomic mass is 16.2. The van der Waals surface area contributed by atoms with Gasteiger partial charge in [0.2, 0.25) is 5.91 Å². The highest BCUT2D eigenvalue weighted by Gasteiger charge is 2.34. The molecule has 19 heavy (non-hydrogen) atoms. The number of nitrogens with one attached hydrogen (secondary N) is 1. The first kappa shape index (κ1) is 13.9. The van der Waals surface area contributed by atoms with E-state index in [2.05, 4.69) is 10.2 Å². The molecule has 0 aliphatic heterocycles. The monoisotopic (exact) mass is 261 g/mol. The third kappa shape index (κ3) is 3.47. The summed E-state index contributed by atoms with van der Waals surface area (Å²) in [5.74, 6) is 0.101. The first-order chi connectivity index (χ1) is 9.13. The smallest absolute Gasteiger partial charge is 0.237 e. The van der Waals surface area contributed by atoms with Gasteiger partial charge in [0, 0.05) is 24.8 Å². The van der Waals surface area contributed by atoms with Crippen molar-refractivity contribution >= 4 is 11.6 Å². The number of amides is 1. The molecule has 0 heterocycles. The van der Waals surface area contributed by atoms with Gasteiger partial charge in [-0.15, -0.1) is 0 Å². The molecule has 104 valence electrons. The van der Waals surface area contributed by atoms with Crippen LogP contribution in [0.15, 0.2) is 24.3 Å². The number of hydrogen-bond acceptors (Lipinski definition) is 3. The minimum Gasteiger partial charge on any atom is -0.398 e. The van der Waals surface area contributed by atoms with Gasteiger partial charge in [0.25, 0.3) is 0 Å². The number of likely N-dealkylation sites (N-methyl/N-ethyl adjacent to an activating group) is 1. The molecule has 1 unspecified atom stereocenters. The largest absolute Gasteiger partial charge is 0.398 e. The molecule has 0 spiro atoms. The van der Waals surface area contributed by atoms with Crippen molar-refractivity contribution in [1.29, 1.82) is 0 Å². The second-order valence-electron chi connectivity index (χ2n) is 5.17. The second-order valence-corrected chi connectivity index (χ2v) is 5.17. The maximum atomic E-state index is 12.0. The lowest BCUT2D eigenvalue weighted by Crippen LogP contribution is -2.45. The lowest BCUT2D eigenvalue weighted by atomic mass is 10.1. The number of nitrogen functional groups attached to an aromatic ring is 1. The molecule has 1 saturated carbocycles. The number of hydrogen-bond donors (Lipinski definition) is 2. The summed E-state index contributed by atoms with van der Waals surface area (Å²) in [6, 6.07) is 8.30. The Balaban J connectivity index is 2.08. The number of anilines is 1. The average Bonchev–Trinajstić information content (AvgIpc) is 3.21. The fraction of sp³-hybridized carbons (Fsp3) is 0.533. The van der Waals surface area contributed by atoms with Gasteiger partial charge in [-0.05, 0) is 38.3 Å². The zero-order valence-corrected chi connectivity index (χ0v) is 11.7. The summed E-state index contributed by atoms with van der Waals surface area (Å²) in [5, 5.41) is 2.90. The second kappa shape index (κ2) is 6.06. The Morgan fingerprint density at radius 2 is 2.16 bits per heavy atom. The van der Waals surface area contributed by atoms with E-state index in [9.17, 15) is 4.79 Å². The Kier molecular flexibility index (Phi) is 4.43. The van der Waals surface area contributed by atoms with Gasteiger partial charge in [-0.25, -0.2) is 0 Å². The standard InChI is InChI=1S/C15H23N3O/c1-3-17-15(19)11(2)18(13-8-9-13)10-12-6-4-5-7-14(12)16/h4-7,11,13H,3,8-10,16H2,1-2H3,(H,17,19). The van der Waals surface area contributed by atoms with Crippen molar-refractivity contribution in [3.8, 4) is 0 Å². The van der Waals surface area contributed by atoms with E-state index in [1.54, 1.807) is 0 Å². The number of carbonyl (C=O) groups excluding carboxylic acids is 1. The Morgan fingerprint density at radius 3 is 2.74 bits per heavy atom. The van der Waals surface area contributed by atoms with Crippen LogP contribution in [-0.2, 0) is 11.3 Å². The molecule has 0 saturated heterocycles. The van der Waals surface area contributed by atoms with Crippen LogP contribution in [0.1, 0.15) is 32.3 Å². The van der Waals surface area contributed by atoms with Crippen molar-refractivity contribution in [1.82, 2.24) is 10.2 Å². The number of carbonyl (C=O) groups is 1. The lowest BCUT2D eigenvalue weighted by molar-refractivity contribution is -0.126. The minimum atomic E-state index is -0.105. The van der Waals surface area contributed by atoms with E-state index in [1.165, 1.54) is 12.8 Å². The fourth-order valence-corrected chi connectivity index (χ4v) is 2.34. The number of nitrogens with two attached hydrogens (primary N) is 1. The van der Waals surface area contributed by atoms with Crippen LogP contribution in [0.2, 0.25) is 0 Å². The van der Waals surface area contributed by atoms with Crippen molar-refractivity contribution in [2.75, 3.05) is 12.3 Å². The van der Waals surface area contributed by atoms with Gasteiger partial charge < -0.3 is 11.1 Å². The summed E-state index contributed by atoms with van der Waals surface area (Å²) in [7, 11) is 0. The van der Waals surface area contributed by atoms with E-state index in [1.807, 2.05) is 38.1 Å². The first-order valence-electron chi connectivity index (χ1n) is 7.00. The van der Waals surface area contributed by atoms with Crippen LogP contribution in [0.3, 0.4) is 0 Å². The molecule has 0 bridgehead atoms. The number of rotatable bonds is 6. The van der Waals surface area contributed by atoms with Crippen LogP contribution < -0.4 is 11.1 Å². The summed E-state index contributed by atoms with van der Waals surface area (Å²) in [6.45, 7) is 5.34. The first-order valence-corrected chi connectivity index (χ1v) is 7.00. The van der Waals surface area contributed by atoms with Gasteiger partial charge in [-0.1, -0.05) is 18.2 Å². The maximum absolute atomic E-state index is 12.0. The maximum Gasteiger partial charge on any atom is 0.237 e. The van der Waals surface area contributed by atoms with E-state index in [4.69, 9.17) is 5.73 Å². The van der Waals surface area contributed by atoms with Gasteiger partial charge >= 0.3 is 0 Å². The van der Waals surface area contributed by atoms with Gasteiger partial charge in [0.15, 0.2) is 0 Å². The summed E-state index contributed by atoms with van der Waals surface area (Å²) in [6.07, 6.45) is 2.35. The summed E-state index contributed by atoms with van der Waals surface area (Å²) < 4.78 is 0. The van der Waals surface area contributed by atoms with Crippen LogP contribution in [0, 0.1) is 0 Å². The topological polar surface area (TPSA) is 58.4 Å². The molecule has 0 aromatic heterocycles. The van der Waals surface area contributed by atoms with Crippen molar-refractivity contribution in [3.05, 3.63) is 29.8 Å². The van der Waals surface area contributed by atoms with Gasteiger partial charge in [0.1, 0.15) is 0 Å². The Labute approximate surface area is 115 Å². The SMILES string of the molecule is CCNC(=O)C(C)N(Cc1ccccc1N)C1CC1.